The molecular formula is C18H14N2. The van der Waals surface area contributed by atoms with Crippen LogP contribution in [0.15, 0.2) is 67.1 Å². The molecule has 0 N–H and O–H groups in total. The predicted octanol–water partition coefficient (Wildman–Crippen LogP) is 3.83. The maximum atomic E-state index is 4.48. The van der Waals surface area contributed by atoms with Crippen LogP contribution in [0.3, 0.4) is 0 Å². The number of rotatable bonds is 1. The molecular weight excluding hydrogens is 244 g/mol. The van der Waals surface area contributed by atoms with Crippen LogP contribution < -0.4 is 0 Å². The fourth-order valence-corrected chi connectivity index (χ4v) is 3.08. The summed E-state index contributed by atoms with van der Waals surface area (Å²) >= 11 is 0. The van der Waals surface area contributed by atoms with E-state index in [0.717, 1.165) is 12.1 Å². The molecule has 1 aliphatic carbocycles. The van der Waals surface area contributed by atoms with Gasteiger partial charge < -0.3 is 0 Å². The largest absolute Gasteiger partial charge is 0.244 e. The summed E-state index contributed by atoms with van der Waals surface area (Å²) in [6.45, 7) is 0. The molecule has 0 fully saturated rings. The summed E-state index contributed by atoms with van der Waals surface area (Å²) in [5, 5.41) is 0. The Morgan fingerprint density at radius 2 is 1.70 bits per heavy atom. The van der Waals surface area contributed by atoms with Crippen molar-refractivity contribution in [2.24, 2.45) is 0 Å². The molecule has 2 aromatic carbocycles. The fourth-order valence-electron chi connectivity index (χ4n) is 3.08. The lowest BCUT2D eigenvalue weighted by Crippen LogP contribution is -2.13. The average Bonchev–Trinajstić information content (AvgIpc) is 2.55. The van der Waals surface area contributed by atoms with E-state index in [1.165, 1.54) is 22.3 Å². The molecule has 3 aromatic rings. The molecule has 2 heteroatoms. The summed E-state index contributed by atoms with van der Waals surface area (Å²) in [5.74, 6) is 0.394. The number of aromatic nitrogens is 2. The van der Waals surface area contributed by atoms with Gasteiger partial charge in [-0.3, -0.25) is 0 Å². The highest BCUT2D eigenvalue weighted by atomic mass is 14.8. The Labute approximate surface area is 118 Å². The van der Waals surface area contributed by atoms with Gasteiger partial charge in [0.05, 0.1) is 5.69 Å². The quantitative estimate of drug-likeness (QED) is 0.663. The number of benzene rings is 2. The summed E-state index contributed by atoms with van der Waals surface area (Å²) < 4.78 is 0. The van der Waals surface area contributed by atoms with Crippen molar-refractivity contribution in [3.63, 3.8) is 0 Å². The number of hydrogen-bond acceptors (Lipinski definition) is 2. The first kappa shape index (κ1) is 11.4. The van der Waals surface area contributed by atoms with Crippen LogP contribution in [-0.4, -0.2) is 9.97 Å². The summed E-state index contributed by atoms with van der Waals surface area (Å²) in [4.78, 5) is 8.67. The standard InChI is InChI=1S/C18H14N2/c1-2-6-13(7-3-1)17-10-14-11-19-12-20-18(14)16-9-5-4-8-15(16)17/h1-9,11-12,17H,10H2/t17-/m1/s1. The Kier molecular flexibility index (Phi) is 2.59. The summed E-state index contributed by atoms with van der Waals surface area (Å²) in [7, 11) is 0. The molecule has 0 saturated carbocycles. The van der Waals surface area contributed by atoms with E-state index in [4.69, 9.17) is 0 Å². The molecule has 0 aliphatic heterocycles. The Morgan fingerprint density at radius 3 is 2.60 bits per heavy atom. The van der Waals surface area contributed by atoms with Crippen LogP contribution in [0.5, 0.6) is 0 Å². The molecule has 2 nitrogen and oxygen atoms in total. The molecule has 0 amide bonds. The second-order valence-electron chi connectivity index (χ2n) is 5.15. The molecule has 20 heavy (non-hydrogen) atoms. The van der Waals surface area contributed by atoms with Gasteiger partial charge in [-0.15, -0.1) is 0 Å². The lowest BCUT2D eigenvalue weighted by Gasteiger charge is -2.27. The van der Waals surface area contributed by atoms with Crippen molar-refractivity contribution < 1.29 is 0 Å². The molecule has 0 radical (unpaired) electrons. The van der Waals surface area contributed by atoms with Gasteiger partial charge in [0.25, 0.3) is 0 Å². The van der Waals surface area contributed by atoms with Crippen LogP contribution in [0.2, 0.25) is 0 Å². The number of nitrogens with zero attached hydrogens (tertiary/aromatic N) is 2. The summed E-state index contributed by atoms with van der Waals surface area (Å²) in [5.41, 5.74) is 6.28. The maximum Gasteiger partial charge on any atom is 0.116 e. The second-order valence-corrected chi connectivity index (χ2v) is 5.15. The van der Waals surface area contributed by atoms with Gasteiger partial charge in [0, 0.05) is 17.7 Å². The van der Waals surface area contributed by atoms with Gasteiger partial charge >= 0.3 is 0 Å². The third kappa shape index (κ3) is 1.73. The molecule has 1 atom stereocenters. The van der Waals surface area contributed by atoms with E-state index in [1.54, 1.807) is 6.33 Å². The molecule has 4 rings (SSSR count). The van der Waals surface area contributed by atoms with Crippen molar-refractivity contribution in [2.75, 3.05) is 0 Å². The minimum atomic E-state index is 0.394. The zero-order chi connectivity index (χ0) is 13.4. The topological polar surface area (TPSA) is 25.8 Å². The van der Waals surface area contributed by atoms with Crippen LogP contribution in [0.1, 0.15) is 22.6 Å². The monoisotopic (exact) mass is 258 g/mol. The first-order valence-electron chi connectivity index (χ1n) is 6.86. The second kappa shape index (κ2) is 4.57. The van der Waals surface area contributed by atoms with Crippen LogP contribution in [-0.2, 0) is 6.42 Å². The van der Waals surface area contributed by atoms with Crippen molar-refractivity contribution in [2.45, 2.75) is 12.3 Å². The molecule has 0 unspecified atom stereocenters. The number of fused-ring (bicyclic) bond motifs is 3. The highest BCUT2D eigenvalue weighted by Crippen LogP contribution is 2.40. The van der Waals surface area contributed by atoms with Crippen molar-refractivity contribution in [1.29, 1.82) is 0 Å². The normalized spacial score (nSPS) is 16.3. The van der Waals surface area contributed by atoms with Crippen LogP contribution >= 0.6 is 0 Å². The lowest BCUT2D eigenvalue weighted by atomic mass is 9.78. The first-order chi connectivity index (χ1) is 9.93. The zero-order valence-electron chi connectivity index (χ0n) is 11.0. The predicted molar refractivity (Wildman–Crippen MR) is 79.5 cm³/mol. The lowest BCUT2D eigenvalue weighted by molar-refractivity contribution is 0.781. The van der Waals surface area contributed by atoms with Crippen molar-refractivity contribution in [1.82, 2.24) is 9.97 Å². The van der Waals surface area contributed by atoms with Gasteiger partial charge in [0.1, 0.15) is 6.33 Å². The minimum Gasteiger partial charge on any atom is -0.244 e. The van der Waals surface area contributed by atoms with E-state index in [0.29, 0.717) is 5.92 Å². The third-order valence-corrected chi connectivity index (χ3v) is 4.01. The fraction of sp³-hybridized carbons (Fsp3) is 0.111. The van der Waals surface area contributed by atoms with Gasteiger partial charge in [-0.2, -0.15) is 0 Å². The SMILES string of the molecule is c1ccc([C@H]2Cc3cncnc3-c3ccccc32)cc1. The van der Waals surface area contributed by atoms with Gasteiger partial charge in [-0.1, -0.05) is 54.6 Å². The van der Waals surface area contributed by atoms with Crippen LogP contribution in [0.25, 0.3) is 11.3 Å². The van der Waals surface area contributed by atoms with Crippen LogP contribution in [0.4, 0.5) is 0 Å². The molecule has 0 spiro atoms. The molecule has 1 heterocycles. The van der Waals surface area contributed by atoms with E-state index < -0.39 is 0 Å². The Bertz CT molecular complexity index is 750. The van der Waals surface area contributed by atoms with E-state index in [2.05, 4.69) is 64.6 Å². The summed E-state index contributed by atoms with van der Waals surface area (Å²) in [6.07, 6.45) is 4.56. The molecule has 0 saturated heterocycles. The molecule has 96 valence electrons. The van der Waals surface area contributed by atoms with E-state index in [9.17, 15) is 0 Å². The summed E-state index contributed by atoms with van der Waals surface area (Å²) in [6, 6.07) is 19.3. The highest BCUT2D eigenvalue weighted by Gasteiger charge is 2.26. The van der Waals surface area contributed by atoms with E-state index in [1.807, 2.05) is 6.20 Å². The van der Waals surface area contributed by atoms with Gasteiger partial charge in [-0.05, 0) is 23.1 Å². The molecule has 1 aliphatic rings. The maximum absolute atomic E-state index is 4.48. The third-order valence-electron chi connectivity index (χ3n) is 4.01. The highest BCUT2D eigenvalue weighted by molar-refractivity contribution is 5.71. The number of hydrogen-bond donors (Lipinski definition) is 0. The average molecular weight is 258 g/mol. The minimum absolute atomic E-state index is 0.394. The van der Waals surface area contributed by atoms with E-state index in [-0.39, 0.29) is 0 Å². The zero-order valence-corrected chi connectivity index (χ0v) is 11.0. The smallest absolute Gasteiger partial charge is 0.116 e. The Morgan fingerprint density at radius 1 is 0.900 bits per heavy atom. The van der Waals surface area contributed by atoms with Gasteiger partial charge in [-0.25, -0.2) is 9.97 Å². The first-order valence-corrected chi connectivity index (χ1v) is 6.86. The van der Waals surface area contributed by atoms with Crippen molar-refractivity contribution in [3.05, 3.63) is 83.8 Å². The van der Waals surface area contributed by atoms with Gasteiger partial charge in [0.2, 0.25) is 0 Å². The van der Waals surface area contributed by atoms with Crippen molar-refractivity contribution >= 4 is 0 Å². The van der Waals surface area contributed by atoms with E-state index >= 15 is 0 Å². The van der Waals surface area contributed by atoms with Crippen molar-refractivity contribution in [3.8, 4) is 11.3 Å². The molecule has 0 bridgehead atoms. The Balaban J connectivity index is 1.93. The Hall–Kier alpha value is -2.48. The van der Waals surface area contributed by atoms with Crippen LogP contribution in [0, 0.1) is 0 Å². The molecule has 1 aromatic heterocycles. The van der Waals surface area contributed by atoms with Gasteiger partial charge in [0.15, 0.2) is 0 Å².